The Labute approximate surface area is 145 Å². The topological polar surface area (TPSA) is 77.2 Å². The summed E-state index contributed by atoms with van der Waals surface area (Å²) in [4.78, 5) is 14.8. The summed E-state index contributed by atoms with van der Waals surface area (Å²) >= 11 is 5.79. The zero-order valence-electron chi connectivity index (χ0n) is 12.8. The smallest absolute Gasteiger partial charge is 0.394 e. The van der Waals surface area contributed by atoms with Gasteiger partial charge in [0.05, 0.1) is 30.0 Å². The number of aromatic nitrogens is 3. The Bertz CT molecular complexity index is 803. The van der Waals surface area contributed by atoms with E-state index in [9.17, 15) is 18.0 Å². The quantitative estimate of drug-likeness (QED) is 0.778. The highest BCUT2D eigenvalue weighted by Crippen LogP contribution is 2.59. The van der Waals surface area contributed by atoms with Crippen LogP contribution in [0.4, 0.5) is 13.2 Å². The van der Waals surface area contributed by atoms with E-state index < -0.39 is 17.6 Å². The van der Waals surface area contributed by atoms with Crippen LogP contribution >= 0.6 is 11.6 Å². The van der Waals surface area contributed by atoms with Crippen molar-refractivity contribution in [2.45, 2.75) is 25.4 Å². The summed E-state index contributed by atoms with van der Waals surface area (Å²) in [5.41, 5.74) is -1.75. The van der Waals surface area contributed by atoms with Crippen molar-refractivity contribution in [3.63, 3.8) is 0 Å². The molecule has 1 aliphatic carbocycles. The summed E-state index contributed by atoms with van der Waals surface area (Å²) in [6.45, 7) is -0.0721. The van der Waals surface area contributed by atoms with E-state index in [1.807, 2.05) is 0 Å². The molecule has 0 saturated heterocycles. The second-order valence-corrected chi connectivity index (χ2v) is 6.17. The molecule has 0 radical (unpaired) electrons. The van der Waals surface area contributed by atoms with E-state index in [1.54, 1.807) is 0 Å². The molecule has 2 heterocycles. The van der Waals surface area contributed by atoms with Crippen molar-refractivity contribution in [3.8, 4) is 11.6 Å². The number of rotatable bonds is 6. The minimum atomic E-state index is -4.20. The number of carboxylic acids is 1. The van der Waals surface area contributed by atoms with Crippen molar-refractivity contribution in [1.29, 1.82) is 0 Å². The molecule has 1 N–H and O–H groups in total. The number of hydrogen-bond acceptors (Lipinski definition) is 4. The summed E-state index contributed by atoms with van der Waals surface area (Å²) in [5.74, 6) is -0.649. The number of nitrogens with zero attached hydrogens (tertiary/aromatic N) is 3. The van der Waals surface area contributed by atoms with Crippen molar-refractivity contribution in [2.24, 2.45) is 5.41 Å². The fourth-order valence-electron chi connectivity index (χ4n) is 2.41. The van der Waals surface area contributed by atoms with Crippen molar-refractivity contribution >= 4 is 17.6 Å². The molecule has 0 atom stereocenters. The molecule has 2 aromatic rings. The van der Waals surface area contributed by atoms with Gasteiger partial charge in [-0.25, -0.2) is 14.5 Å². The van der Waals surface area contributed by atoms with E-state index in [0.29, 0.717) is 5.75 Å². The zero-order valence-corrected chi connectivity index (χ0v) is 13.5. The maximum Gasteiger partial charge on any atom is 0.394 e. The maximum absolute atomic E-state index is 12.8. The average molecular weight is 376 g/mol. The normalized spacial score (nSPS) is 15.8. The largest absolute Gasteiger partial charge is 0.490 e. The first kappa shape index (κ1) is 17.5. The Morgan fingerprint density at radius 2 is 2.12 bits per heavy atom. The minimum absolute atomic E-state index is 0.0721. The van der Waals surface area contributed by atoms with Crippen molar-refractivity contribution in [3.05, 3.63) is 35.2 Å². The lowest BCUT2D eigenvalue weighted by molar-refractivity contribution is -0.190. The summed E-state index contributed by atoms with van der Waals surface area (Å²) in [6, 6.07) is 2.70. The van der Waals surface area contributed by atoms with Crippen LogP contribution in [0.2, 0.25) is 5.15 Å². The Morgan fingerprint density at radius 1 is 1.40 bits per heavy atom. The van der Waals surface area contributed by atoms with Gasteiger partial charge in [-0.1, -0.05) is 11.6 Å². The van der Waals surface area contributed by atoms with Gasteiger partial charge in [0.25, 0.3) is 0 Å². The molecule has 1 saturated carbocycles. The van der Waals surface area contributed by atoms with E-state index >= 15 is 0 Å². The summed E-state index contributed by atoms with van der Waals surface area (Å²) in [5, 5.41) is 12.7. The van der Waals surface area contributed by atoms with Crippen molar-refractivity contribution in [1.82, 2.24) is 14.8 Å². The lowest BCUT2D eigenvalue weighted by atomic mass is 10.0. The first-order valence-electron chi connectivity index (χ1n) is 7.36. The molecule has 3 rings (SSSR count). The van der Waals surface area contributed by atoms with Crippen LogP contribution in [-0.4, -0.2) is 38.6 Å². The van der Waals surface area contributed by atoms with Gasteiger partial charge in [0.15, 0.2) is 11.6 Å². The second-order valence-electron chi connectivity index (χ2n) is 5.81. The van der Waals surface area contributed by atoms with E-state index in [-0.39, 0.29) is 42.4 Å². The number of carbonyl (C=O) groups is 1. The van der Waals surface area contributed by atoms with Gasteiger partial charge in [0.1, 0.15) is 5.15 Å². The Hall–Kier alpha value is -2.29. The lowest BCUT2D eigenvalue weighted by Gasteiger charge is -2.18. The van der Waals surface area contributed by atoms with Gasteiger partial charge < -0.3 is 9.84 Å². The molecular formula is C15H13ClF3N3O3. The van der Waals surface area contributed by atoms with Gasteiger partial charge >= 0.3 is 12.1 Å². The monoisotopic (exact) mass is 375 g/mol. The highest BCUT2D eigenvalue weighted by molar-refractivity contribution is 6.32. The third-order valence-corrected chi connectivity index (χ3v) is 4.45. The maximum atomic E-state index is 12.8. The van der Waals surface area contributed by atoms with Gasteiger partial charge in [0.2, 0.25) is 0 Å². The predicted octanol–water partition coefficient (Wildman–Crippen LogP) is 3.73. The fourth-order valence-corrected chi connectivity index (χ4v) is 2.64. The molecule has 0 amide bonds. The molecule has 25 heavy (non-hydrogen) atoms. The standard InChI is InChI=1S/C15H13ClF3N3O3/c16-12-10(13(23)24)1-2-11(21-12)22-8-9(7-20-22)25-6-5-14(3-4-14)15(17,18)19/h1-2,7-8H,3-6H2,(H,23,24). The van der Waals surface area contributed by atoms with Crippen molar-refractivity contribution < 1.29 is 27.8 Å². The molecule has 0 bridgehead atoms. The van der Waals surface area contributed by atoms with Crippen LogP contribution in [0.3, 0.4) is 0 Å². The average Bonchev–Trinajstić information content (AvgIpc) is 3.17. The SMILES string of the molecule is O=C(O)c1ccc(-n2cc(OCCC3(C(F)(F)F)CC3)cn2)nc1Cl. The molecule has 0 unspecified atom stereocenters. The molecule has 0 aromatic carbocycles. The molecule has 1 aliphatic rings. The van der Waals surface area contributed by atoms with Gasteiger partial charge in [-0.2, -0.15) is 18.3 Å². The number of alkyl halides is 3. The second kappa shape index (κ2) is 6.21. The number of ether oxygens (including phenoxy) is 1. The molecule has 0 aliphatic heterocycles. The fraction of sp³-hybridized carbons (Fsp3) is 0.400. The Kier molecular flexibility index (Phi) is 4.36. The molecule has 1 fully saturated rings. The highest BCUT2D eigenvalue weighted by atomic mass is 35.5. The third-order valence-electron chi connectivity index (χ3n) is 4.16. The summed E-state index contributed by atoms with van der Waals surface area (Å²) in [7, 11) is 0. The Balaban J connectivity index is 1.63. The van der Waals surface area contributed by atoms with E-state index in [1.165, 1.54) is 29.2 Å². The first-order chi connectivity index (χ1) is 11.7. The van der Waals surface area contributed by atoms with Gasteiger partial charge in [-0.3, -0.25) is 0 Å². The molecule has 10 heteroatoms. The van der Waals surface area contributed by atoms with Gasteiger partial charge in [-0.05, 0) is 31.4 Å². The number of carboxylic acid groups (broad SMARTS) is 1. The minimum Gasteiger partial charge on any atom is -0.490 e. The first-order valence-corrected chi connectivity index (χ1v) is 7.74. The van der Waals surface area contributed by atoms with E-state index in [2.05, 4.69) is 10.1 Å². The van der Waals surface area contributed by atoms with Crippen LogP contribution < -0.4 is 4.74 Å². The Morgan fingerprint density at radius 3 is 2.68 bits per heavy atom. The molecule has 2 aromatic heterocycles. The van der Waals surface area contributed by atoms with Crippen LogP contribution in [0.15, 0.2) is 24.5 Å². The van der Waals surface area contributed by atoms with Gasteiger partial charge in [-0.15, -0.1) is 0 Å². The highest BCUT2D eigenvalue weighted by Gasteiger charge is 2.62. The van der Waals surface area contributed by atoms with Crippen LogP contribution in [0.1, 0.15) is 29.6 Å². The molecular weight excluding hydrogens is 363 g/mol. The van der Waals surface area contributed by atoms with Gasteiger partial charge in [0, 0.05) is 0 Å². The number of pyridine rings is 1. The number of hydrogen-bond donors (Lipinski definition) is 1. The molecule has 0 spiro atoms. The van der Waals surface area contributed by atoms with Crippen LogP contribution in [-0.2, 0) is 0 Å². The van der Waals surface area contributed by atoms with Crippen LogP contribution in [0, 0.1) is 5.41 Å². The number of halogens is 4. The van der Waals surface area contributed by atoms with E-state index in [0.717, 1.165) is 0 Å². The van der Waals surface area contributed by atoms with Crippen molar-refractivity contribution in [2.75, 3.05) is 6.61 Å². The lowest BCUT2D eigenvalue weighted by Crippen LogP contribution is -2.26. The predicted molar refractivity (Wildman–Crippen MR) is 81.2 cm³/mol. The van der Waals surface area contributed by atoms with Crippen LogP contribution in [0.25, 0.3) is 5.82 Å². The number of aromatic carboxylic acids is 1. The third kappa shape index (κ3) is 3.55. The molecule has 134 valence electrons. The zero-order chi connectivity index (χ0) is 18.2. The van der Waals surface area contributed by atoms with Crippen LogP contribution in [0.5, 0.6) is 5.75 Å². The summed E-state index contributed by atoms with van der Waals surface area (Å²) in [6.07, 6.45) is -1.25. The van der Waals surface area contributed by atoms with E-state index in [4.69, 9.17) is 21.4 Å². The summed E-state index contributed by atoms with van der Waals surface area (Å²) < 4.78 is 45.1. The molecule has 6 nitrogen and oxygen atoms in total.